The third-order valence-electron chi connectivity index (χ3n) is 4.25. The van der Waals surface area contributed by atoms with Crippen LogP contribution in [0.25, 0.3) is 0 Å². The van der Waals surface area contributed by atoms with Crippen molar-refractivity contribution in [3.63, 3.8) is 0 Å². The van der Waals surface area contributed by atoms with Crippen molar-refractivity contribution < 1.29 is 0 Å². The summed E-state index contributed by atoms with van der Waals surface area (Å²) >= 11 is 0. The van der Waals surface area contributed by atoms with Gasteiger partial charge in [-0.1, -0.05) is 20.3 Å². The summed E-state index contributed by atoms with van der Waals surface area (Å²) in [4.78, 5) is 0. The van der Waals surface area contributed by atoms with Gasteiger partial charge in [-0.15, -0.1) is 0 Å². The van der Waals surface area contributed by atoms with E-state index in [1.807, 2.05) is 0 Å². The second kappa shape index (κ2) is 3.27. The molecule has 2 aliphatic carbocycles. The predicted octanol–water partition coefficient (Wildman–Crippen LogP) is 2.80. The molecule has 1 heteroatoms. The van der Waals surface area contributed by atoms with E-state index in [9.17, 15) is 0 Å². The summed E-state index contributed by atoms with van der Waals surface area (Å²) in [5.74, 6) is 3.16. The van der Waals surface area contributed by atoms with Gasteiger partial charge in [-0.2, -0.15) is 0 Å². The zero-order valence-corrected chi connectivity index (χ0v) is 9.05. The lowest BCUT2D eigenvalue weighted by Gasteiger charge is -2.30. The molecule has 0 saturated heterocycles. The van der Waals surface area contributed by atoms with Crippen LogP contribution in [-0.4, -0.2) is 6.54 Å². The molecule has 0 aromatic rings. The van der Waals surface area contributed by atoms with E-state index in [1.54, 1.807) is 0 Å². The number of nitrogens with two attached hydrogens (primary N) is 1. The Labute approximate surface area is 82.1 Å². The van der Waals surface area contributed by atoms with E-state index in [2.05, 4.69) is 13.8 Å². The summed E-state index contributed by atoms with van der Waals surface area (Å²) in [5.41, 5.74) is 6.17. The minimum absolute atomic E-state index is 0.384. The van der Waals surface area contributed by atoms with Gasteiger partial charge in [0, 0.05) is 0 Å². The molecular weight excluding hydrogens is 158 g/mol. The first kappa shape index (κ1) is 9.51. The molecule has 2 unspecified atom stereocenters. The largest absolute Gasteiger partial charge is 0.330 e. The molecular formula is C12H23N. The van der Waals surface area contributed by atoms with Crippen molar-refractivity contribution in [1.29, 1.82) is 0 Å². The van der Waals surface area contributed by atoms with Crippen LogP contribution in [0.15, 0.2) is 0 Å². The highest BCUT2D eigenvalue weighted by atomic mass is 14.6. The van der Waals surface area contributed by atoms with Gasteiger partial charge in [0.05, 0.1) is 0 Å². The fourth-order valence-corrected chi connectivity index (χ4v) is 3.42. The molecule has 1 nitrogen and oxygen atoms in total. The third-order valence-corrected chi connectivity index (χ3v) is 4.25. The Balaban J connectivity index is 1.89. The molecule has 0 spiro atoms. The van der Waals surface area contributed by atoms with Crippen LogP contribution < -0.4 is 5.73 Å². The van der Waals surface area contributed by atoms with Gasteiger partial charge in [0.25, 0.3) is 0 Å². The second-order valence-corrected chi connectivity index (χ2v) is 6.01. The molecule has 2 bridgehead atoms. The number of hydrogen-bond donors (Lipinski definition) is 1. The Morgan fingerprint density at radius 2 is 2.00 bits per heavy atom. The quantitative estimate of drug-likeness (QED) is 0.712. The molecule has 0 radical (unpaired) electrons. The van der Waals surface area contributed by atoms with Crippen molar-refractivity contribution in [2.24, 2.45) is 28.9 Å². The molecule has 2 aliphatic rings. The van der Waals surface area contributed by atoms with Gasteiger partial charge in [0.2, 0.25) is 0 Å². The number of hydrogen-bond acceptors (Lipinski definition) is 1. The normalized spacial score (nSPS) is 38.5. The average Bonchev–Trinajstić information content (AvgIpc) is 2.64. The van der Waals surface area contributed by atoms with Gasteiger partial charge in [-0.3, -0.25) is 0 Å². The maximum atomic E-state index is 5.78. The number of fused-ring (bicyclic) bond motifs is 2. The van der Waals surface area contributed by atoms with Crippen LogP contribution in [0, 0.1) is 23.2 Å². The predicted molar refractivity (Wildman–Crippen MR) is 56.4 cm³/mol. The van der Waals surface area contributed by atoms with E-state index in [4.69, 9.17) is 5.73 Å². The van der Waals surface area contributed by atoms with Crippen LogP contribution in [0.1, 0.15) is 46.0 Å². The molecule has 2 saturated carbocycles. The van der Waals surface area contributed by atoms with Crippen molar-refractivity contribution >= 4 is 0 Å². The van der Waals surface area contributed by atoms with Crippen molar-refractivity contribution in [3.05, 3.63) is 0 Å². The van der Waals surface area contributed by atoms with E-state index >= 15 is 0 Å². The van der Waals surface area contributed by atoms with Crippen LogP contribution in [0.4, 0.5) is 0 Å². The van der Waals surface area contributed by atoms with Crippen molar-refractivity contribution in [3.8, 4) is 0 Å². The van der Waals surface area contributed by atoms with E-state index < -0.39 is 0 Å². The zero-order valence-electron chi connectivity index (χ0n) is 9.05. The fraction of sp³-hybridized carbons (Fsp3) is 1.00. The van der Waals surface area contributed by atoms with Gasteiger partial charge in [-0.25, -0.2) is 0 Å². The maximum Gasteiger partial charge on any atom is -0.00257 e. The summed E-state index contributed by atoms with van der Waals surface area (Å²) in [6.45, 7) is 5.48. The minimum Gasteiger partial charge on any atom is -0.330 e. The van der Waals surface area contributed by atoms with Crippen molar-refractivity contribution in [2.75, 3.05) is 6.54 Å². The van der Waals surface area contributed by atoms with E-state index in [0.717, 1.165) is 24.3 Å². The van der Waals surface area contributed by atoms with Gasteiger partial charge < -0.3 is 5.73 Å². The smallest absolute Gasteiger partial charge is 0.00257 e. The SMILES string of the molecule is CC(C)(CN)CC1CC2CC[C@H]1C2. The van der Waals surface area contributed by atoms with E-state index in [1.165, 1.54) is 32.1 Å². The van der Waals surface area contributed by atoms with E-state index in [0.29, 0.717) is 5.41 Å². The standard InChI is InChI=1S/C12H23N/c1-12(2,8-13)7-11-6-9-3-4-10(11)5-9/h9-11H,3-8,13H2,1-2H3/t9?,10-,11?/m0/s1. The summed E-state index contributed by atoms with van der Waals surface area (Å²) in [6.07, 6.45) is 7.43. The molecule has 0 aliphatic heterocycles. The number of rotatable bonds is 3. The van der Waals surface area contributed by atoms with Crippen LogP contribution in [0.3, 0.4) is 0 Å². The molecule has 2 rings (SSSR count). The Hall–Kier alpha value is -0.0400. The van der Waals surface area contributed by atoms with Crippen LogP contribution in [0.2, 0.25) is 0 Å². The topological polar surface area (TPSA) is 26.0 Å². The van der Waals surface area contributed by atoms with Gasteiger partial charge in [-0.05, 0) is 55.4 Å². The molecule has 13 heavy (non-hydrogen) atoms. The highest BCUT2D eigenvalue weighted by Crippen LogP contribution is 2.51. The molecule has 0 aromatic heterocycles. The summed E-state index contributed by atoms with van der Waals surface area (Å²) < 4.78 is 0. The first-order chi connectivity index (χ1) is 6.11. The minimum atomic E-state index is 0.384. The molecule has 0 heterocycles. The highest BCUT2D eigenvalue weighted by molar-refractivity contribution is 4.92. The van der Waals surface area contributed by atoms with Crippen molar-refractivity contribution in [1.82, 2.24) is 0 Å². The molecule has 0 aromatic carbocycles. The average molecular weight is 181 g/mol. The second-order valence-electron chi connectivity index (χ2n) is 6.01. The molecule has 76 valence electrons. The first-order valence-electron chi connectivity index (χ1n) is 5.81. The summed E-state index contributed by atoms with van der Waals surface area (Å²) in [5, 5.41) is 0. The lowest BCUT2D eigenvalue weighted by Crippen LogP contribution is -2.28. The Bertz CT molecular complexity index is 186. The fourth-order valence-electron chi connectivity index (χ4n) is 3.42. The Kier molecular flexibility index (Phi) is 2.39. The Morgan fingerprint density at radius 1 is 1.23 bits per heavy atom. The molecule has 2 fully saturated rings. The Morgan fingerprint density at radius 3 is 2.46 bits per heavy atom. The zero-order chi connectivity index (χ0) is 9.47. The molecule has 2 N–H and O–H groups in total. The van der Waals surface area contributed by atoms with Gasteiger partial charge in [0.15, 0.2) is 0 Å². The first-order valence-corrected chi connectivity index (χ1v) is 5.81. The van der Waals surface area contributed by atoms with Gasteiger partial charge in [0.1, 0.15) is 0 Å². The molecule has 3 atom stereocenters. The summed E-state index contributed by atoms with van der Waals surface area (Å²) in [6, 6.07) is 0. The summed E-state index contributed by atoms with van der Waals surface area (Å²) in [7, 11) is 0. The van der Waals surface area contributed by atoms with Crippen molar-refractivity contribution in [2.45, 2.75) is 46.0 Å². The maximum absolute atomic E-state index is 5.78. The van der Waals surface area contributed by atoms with Crippen LogP contribution in [-0.2, 0) is 0 Å². The lowest BCUT2D eigenvalue weighted by atomic mass is 9.76. The lowest BCUT2D eigenvalue weighted by molar-refractivity contribution is 0.213. The van der Waals surface area contributed by atoms with Crippen LogP contribution in [0.5, 0.6) is 0 Å². The monoisotopic (exact) mass is 181 g/mol. The molecule has 0 amide bonds. The highest BCUT2D eigenvalue weighted by Gasteiger charge is 2.41. The van der Waals surface area contributed by atoms with E-state index in [-0.39, 0.29) is 0 Å². The third kappa shape index (κ3) is 1.90. The van der Waals surface area contributed by atoms with Gasteiger partial charge >= 0.3 is 0 Å². The van der Waals surface area contributed by atoms with Crippen LogP contribution >= 0.6 is 0 Å².